The highest BCUT2D eigenvalue weighted by molar-refractivity contribution is 5.77. The zero-order valence-electron chi connectivity index (χ0n) is 11.9. The van der Waals surface area contributed by atoms with E-state index in [9.17, 15) is 9.59 Å². The van der Waals surface area contributed by atoms with E-state index in [0.717, 1.165) is 6.42 Å². The molecule has 1 aliphatic heterocycles. The number of morpholine rings is 1. The number of rotatable bonds is 6. The quantitative estimate of drug-likeness (QED) is 0.660. The summed E-state index contributed by atoms with van der Waals surface area (Å²) in [7, 11) is 1.33. The van der Waals surface area contributed by atoms with Crippen LogP contribution in [0.3, 0.4) is 0 Å². The molecule has 6 heteroatoms. The standard InChI is InChI=1S/C13H23NO5/c1-4-6-10(12(15)18-5-2)14-7-8-19-11(9-14)13(16)17-3/h10-11H,4-9H2,1-3H3. The highest BCUT2D eigenvalue weighted by Crippen LogP contribution is 2.15. The zero-order valence-corrected chi connectivity index (χ0v) is 11.9. The van der Waals surface area contributed by atoms with Crippen molar-refractivity contribution in [3.05, 3.63) is 0 Å². The number of carbonyl (C=O) groups excluding carboxylic acids is 2. The van der Waals surface area contributed by atoms with Crippen LogP contribution in [0.1, 0.15) is 26.7 Å². The molecule has 0 aromatic heterocycles. The summed E-state index contributed by atoms with van der Waals surface area (Å²) in [6.45, 7) is 5.58. The van der Waals surface area contributed by atoms with E-state index in [4.69, 9.17) is 9.47 Å². The van der Waals surface area contributed by atoms with Gasteiger partial charge in [0.25, 0.3) is 0 Å². The Kier molecular flexibility index (Phi) is 6.80. The third kappa shape index (κ3) is 4.47. The number of esters is 2. The van der Waals surface area contributed by atoms with E-state index in [1.165, 1.54) is 7.11 Å². The predicted octanol–water partition coefficient (Wildman–Crippen LogP) is 0.592. The smallest absolute Gasteiger partial charge is 0.336 e. The lowest BCUT2D eigenvalue weighted by molar-refractivity contribution is -0.166. The van der Waals surface area contributed by atoms with Gasteiger partial charge in [-0.3, -0.25) is 9.69 Å². The van der Waals surface area contributed by atoms with Gasteiger partial charge in [-0.2, -0.15) is 0 Å². The van der Waals surface area contributed by atoms with Crippen LogP contribution in [-0.4, -0.2) is 62.4 Å². The van der Waals surface area contributed by atoms with Crippen molar-refractivity contribution in [3.8, 4) is 0 Å². The molecule has 2 atom stereocenters. The maximum atomic E-state index is 12.0. The fraction of sp³-hybridized carbons (Fsp3) is 0.846. The third-order valence-corrected chi connectivity index (χ3v) is 3.12. The minimum atomic E-state index is -0.618. The first-order valence-electron chi connectivity index (χ1n) is 6.74. The number of hydrogen-bond acceptors (Lipinski definition) is 6. The van der Waals surface area contributed by atoms with Crippen molar-refractivity contribution < 1.29 is 23.8 Å². The minimum absolute atomic E-state index is 0.227. The molecule has 0 N–H and O–H groups in total. The van der Waals surface area contributed by atoms with E-state index in [-0.39, 0.29) is 12.0 Å². The Labute approximate surface area is 114 Å². The summed E-state index contributed by atoms with van der Waals surface area (Å²) in [5, 5.41) is 0. The van der Waals surface area contributed by atoms with Gasteiger partial charge >= 0.3 is 11.9 Å². The summed E-state index contributed by atoms with van der Waals surface area (Å²) >= 11 is 0. The van der Waals surface area contributed by atoms with Gasteiger partial charge in [-0.15, -0.1) is 0 Å². The molecule has 6 nitrogen and oxygen atoms in total. The Morgan fingerprint density at radius 3 is 2.74 bits per heavy atom. The zero-order chi connectivity index (χ0) is 14.3. The number of methoxy groups -OCH3 is 1. The van der Waals surface area contributed by atoms with Crippen molar-refractivity contribution in [2.75, 3.05) is 33.4 Å². The molecule has 0 saturated carbocycles. The van der Waals surface area contributed by atoms with Crippen LogP contribution >= 0.6 is 0 Å². The number of nitrogens with zero attached hydrogens (tertiary/aromatic N) is 1. The lowest BCUT2D eigenvalue weighted by Crippen LogP contribution is -2.53. The predicted molar refractivity (Wildman–Crippen MR) is 68.7 cm³/mol. The van der Waals surface area contributed by atoms with E-state index in [1.807, 2.05) is 11.8 Å². The van der Waals surface area contributed by atoms with Gasteiger partial charge in [-0.05, 0) is 13.3 Å². The number of carbonyl (C=O) groups is 2. The maximum Gasteiger partial charge on any atom is 0.336 e. The van der Waals surface area contributed by atoms with Gasteiger partial charge in [0.2, 0.25) is 0 Å². The largest absolute Gasteiger partial charge is 0.467 e. The van der Waals surface area contributed by atoms with E-state index in [1.54, 1.807) is 6.92 Å². The second kappa shape index (κ2) is 8.12. The molecule has 1 heterocycles. The summed E-state index contributed by atoms with van der Waals surface area (Å²) in [6, 6.07) is -0.305. The summed E-state index contributed by atoms with van der Waals surface area (Å²) < 4.78 is 15.1. The molecule has 0 aromatic rings. The first-order valence-corrected chi connectivity index (χ1v) is 6.74. The molecule has 1 aliphatic rings. The van der Waals surface area contributed by atoms with Gasteiger partial charge in [-0.25, -0.2) is 4.79 Å². The minimum Gasteiger partial charge on any atom is -0.467 e. The average Bonchev–Trinajstić information content (AvgIpc) is 2.44. The molecule has 0 aromatic carbocycles. The molecule has 0 bridgehead atoms. The van der Waals surface area contributed by atoms with Crippen LogP contribution < -0.4 is 0 Å². The Bertz CT molecular complexity index is 307. The molecule has 2 unspecified atom stereocenters. The van der Waals surface area contributed by atoms with E-state index in [2.05, 4.69) is 4.74 Å². The van der Waals surface area contributed by atoms with Gasteiger partial charge in [-0.1, -0.05) is 13.3 Å². The Balaban J connectivity index is 2.67. The van der Waals surface area contributed by atoms with Crippen molar-refractivity contribution in [3.63, 3.8) is 0 Å². The Hall–Kier alpha value is -1.14. The second-order valence-electron chi connectivity index (χ2n) is 4.43. The first kappa shape index (κ1) is 15.9. The highest BCUT2D eigenvalue weighted by Gasteiger charge is 2.34. The van der Waals surface area contributed by atoms with Crippen LogP contribution in [0.5, 0.6) is 0 Å². The van der Waals surface area contributed by atoms with Crippen LogP contribution in [0.15, 0.2) is 0 Å². The van der Waals surface area contributed by atoms with Crippen LogP contribution in [0.25, 0.3) is 0 Å². The van der Waals surface area contributed by atoms with Crippen LogP contribution in [0, 0.1) is 0 Å². The first-order chi connectivity index (χ1) is 9.13. The summed E-state index contributed by atoms with van der Waals surface area (Å²) in [4.78, 5) is 25.4. The fourth-order valence-corrected chi connectivity index (χ4v) is 2.19. The SMILES string of the molecule is CCCC(C(=O)OCC)N1CCOC(C(=O)OC)C1. The molecule has 0 amide bonds. The number of ether oxygens (including phenoxy) is 3. The van der Waals surface area contributed by atoms with Gasteiger partial charge in [0.05, 0.1) is 20.3 Å². The summed E-state index contributed by atoms with van der Waals surface area (Å²) in [5.74, 6) is -0.626. The molecular weight excluding hydrogens is 250 g/mol. The topological polar surface area (TPSA) is 65.1 Å². The average molecular weight is 273 g/mol. The number of hydrogen-bond donors (Lipinski definition) is 0. The molecule has 19 heavy (non-hydrogen) atoms. The molecule has 110 valence electrons. The van der Waals surface area contributed by atoms with Gasteiger partial charge in [0.1, 0.15) is 6.04 Å². The molecule has 0 spiro atoms. The maximum absolute atomic E-state index is 12.0. The molecule has 0 aliphatic carbocycles. The highest BCUT2D eigenvalue weighted by atomic mass is 16.6. The molecule has 1 rings (SSSR count). The normalized spacial score (nSPS) is 21.7. The van der Waals surface area contributed by atoms with E-state index in [0.29, 0.717) is 32.7 Å². The Morgan fingerprint density at radius 1 is 1.42 bits per heavy atom. The van der Waals surface area contributed by atoms with Gasteiger partial charge < -0.3 is 14.2 Å². The third-order valence-electron chi connectivity index (χ3n) is 3.12. The molecule has 1 fully saturated rings. The van der Waals surface area contributed by atoms with E-state index >= 15 is 0 Å². The molecule has 0 radical (unpaired) electrons. The summed E-state index contributed by atoms with van der Waals surface area (Å²) in [6.07, 6.45) is 0.976. The Morgan fingerprint density at radius 2 is 2.16 bits per heavy atom. The molecular formula is C13H23NO5. The van der Waals surface area contributed by atoms with Crippen molar-refractivity contribution in [2.45, 2.75) is 38.8 Å². The second-order valence-corrected chi connectivity index (χ2v) is 4.43. The summed E-state index contributed by atoms with van der Waals surface area (Å²) in [5.41, 5.74) is 0. The fourth-order valence-electron chi connectivity index (χ4n) is 2.19. The van der Waals surface area contributed by atoms with Crippen molar-refractivity contribution in [2.24, 2.45) is 0 Å². The molecule has 1 saturated heterocycles. The van der Waals surface area contributed by atoms with Crippen molar-refractivity contribution >= 4 is 11.9 Å². The van der Waals surface area contributed by atoms with Gasteiger partial charge in [0, 0.05) is 13.1 Å². The van der Waals surface area contributed by atoms with Gasteiger partial charge in [0.15, 0.2) is 6.10 Å². The van der Waals surface area contributed by atoms with Crippen LogP contribution in [0.4, 0.5) is 0 Å². The van der Waals surface area contributed by atoms with Crippen molar-refractivity contribution in [1.82, 2.24) is 4.90 Å². The van der Waals surface area contributed by atoms with Crippen molar-refractivity contribution in [1.29, 1.82) is 0 Å². The van der Waals surface area contributed by atoms with Crippen LogP contribution in [0.2, 0.25) is 0 Å². The lowest BCUT2D eigenvalue weighted by Gasteiger charge is -2.35. The lowest BCUT2D eigenvalue weighted by atomic mass is 10.1. The van der Waals surface area contributed by atoms with E-state index < -0.39 is 12.1 Å². The monoisotopic (exact) mass is 273 g/mol. The van der Waals surface area contributed by atoms with Crippen LogP contribution in [-0.2, 0) is 23.8 Å².